The minimum absolute atomic E-state index is 0.102. The van der Waals surface area contributed by atoms with Crippen LogP contribution in [0.1, 0.15) is 27.2 Å². The Morgan fingerprint density at radius 3 is 1.93 bits per heavy atom. The van der Waals surface area contributed by atoms with E-state index in [9.17, 15) is 9.59 Å². The zero-order valence-corrected chi connectivity index (χ0v) is 9.56. The van der Waals surface area contributed by atoms with E-state index in [1.165, 1.54) is 17.1 Å². The van der Waals surface area contributed by atoms with Crippen LogP contribution in [0.15, 0.2) is 12.2 Å². The van der Waals surface area contributed by atoms with Crippen molar-refractivity contribution in [2.45, 2.75) is 33.4 Å². The average molecular weight is 210 g/mol. The van der Waals surface area contributed by atoms with Crippen LogP contribution in [0.2, 0.25) is 0 Å². The molecule has 0 bridgehead atoms. The summed E-state index contributed by atoms with van der Waals surface area (Å²) in [4.78, 5) is 26.5. The molecule has 0 aromatic carbocycles. The Kier molecular flexibility index (Phi) is 4.03. The standard InChI is InChI=1S/C11H18N2O2/c1-4-9(12(5-2)6-3)13-10(14)7-8-11(13)15/h7-9H,4-6H2,1-3H3. The SMILES string of the molecule is CCC(N(CC)CC)N1C(=O)C=CC1=O. The molecule has 0 spiro atoms. The van der Waals surface area contributed by atoms with Crippen LogP contribution in [0.3, 0.4) is 0 Å². The molecule has 2 amide bonds. The van der Waals surface area contributed by atoms with E-state index in [1.54, 1.807) is 0 Å². The van der Waals surface area contributed by atoms with Gasteiger partial charge in [-0.15, -0.1) is 0 Å². The summed E-state index contributed by atoms with van der Waals surface area (Å²) in [5.74, 6) is -0.391. The Hall–Kier alpha value is -1.16. The van der Waals surface area contributed by atoms with Gasteiger partial charge in [0.05, 0.1) is 6.17 Å². The van der Waals surface area contributed by atoms with Crippen molar-refractivity contribution >= 4 is 11.8 Å². The van der Waals surface area contributed by atoms with Gasteiger partial charge in [0.2, 0.25) is 0 Å². The third kappa shape index (κ3) is 2.26. The third-order valence-electron chi connectivity index (χ3n) is 2.74. The van der Waals surface area contributed by atoms with E-state index in [4.69, 9.17) is 0 Å². The van der Waals surface area contributed by atoms with E-state index >= 15 is 0 Å². The van der Waals surface area contributed by atoms with Gasteiger partial charge < -0.3 is 0 Å². The number of hydrogen-bond donors (Lipinski definition) is 0. The predicted molar refractivity (Wildman–Crippen MR) is 58.0 cm³/mol. The number of carbonyl (C=O) groups is 2. The molecule has 4 heteroatoms. The van der Waals surface area contributed by atoms with Gasteiger partial charge in [-0.1, -0.05) is 20.8 Å². The Balaban J connectivity index is 2.82. The van der Waals surface area contributed by atoms with Gasteiger partial charge in [0.15, 0.2) is 0 Å². The minimum Gasteiger partial charge on any atom is -0.284 e. The molecule has 1 unspecified atom stereocenters. The lowest BCUT2D eigenvalue weighted by molar-refractivity contribution is -0.144. The lowest BCUT2D eigenvalue weighted by atomic mass is 10.2. The molecule has 1 rings (SSSR count). The van der Waals surface area contributed by atoms with Crippen LogP contribution in [-0.2, 0) is 9.59 Å². The molecule has 84 valence electrons. The molecule has 1 heterocycles. The summed E-state index contributed by atoms with van der Waals surface area (Å²) in [6.07, 6.45) is 3.35. The maximum Gasteiger partial charge on any atom is 0.254 e. The first-order valence-electron chi connectivity index (χ1n) is 5.44. The van der Waals surface area contributed by atoms with Gasteiger partial charge >= 0.3 is 0 Å². The Labute approximate surface area is 90.5 Å². The average Bonchev–Trinajstić information content (AvgIpc) is 2.56. The summed E-state index contributed by atoms with van der Waals surface area (Å²) in [6, 6.07) is 0. The molecule has 4 nitrogen and oxygen atoms in total. The first-order chi connectivity index (χ1) is 7.15. The first kappa shape index (κ1) is 11.9. The van der Waals surface area contributed by atoms with E-state index < -0.39 is 0 Å². The van der Waals surface area contributed by atoms with Crippen molar-refractivity contribution in [3.8, 4) is 0 Å². The zero-order chi connectivity index (χ0) is 11.4. The van der Waals surface area contributed by atoms with E-state index in [0.29, 0.717) is 0 Å². The van der Waals surface area contributed by atoms with E-state index in [1.807, 2.05) is 20.8 Å². The zero-order valence-electron chi connectivity index (χ0n) is 9.56. The van der Waals surface area contributed by atoms with E-state index in [-0.39, 0.29) is 18.0 Å². The quantitative estimate of drug-likeness (QED) is 0.635. The van der Waals surface area contributed by atoms with Gasteiger partial charge in [0, 0.05) is 12.2 Å². The molecule has 0 aliphatic carbocycles. The van der Waals surface area contributed by atoms with Crippen LogP contribution in [0.25, 0.3) is 0 Å². The van der Waals surface area contributed by atoms with Crippen LogP contribution in [-0.4, -0.2) is 40.9 Å². The van der Waals surface area contributed by atoms with Crippen molar-refractivity contribution in [3.63, 3.8) is 0 Å². The summed E-state index contributed by atoms with van der Waals surface area (Å²) in [6.45, 7) is 7.73. The van der Waals surface area contributed by atoms with Crippen molar-refractivity contribution in [2.75, 3.05) is 13.1 Å². The molecule has 1 aliphatic rings. The molecule has 0 saturated heterocycles. The van der Waals surface area contributed by atoms with Crippen molar-refractivity contribution < 1.29 is 9.59 Å². The fraction of sp³-hybridized carbons (Fsp3) is 0.636. The summed E-state index contributed by atoms with van der Waals surface area (Å²) in [7, 11) is 0. The fourth-order valence-electron chi connectivity index (χ4n) is 1.95. The van der Waals surface area contributed by atoms with Crippen molar-refractivity contribution in [1.29, 1.82) is 0 Å². The van der Waals surface area contributed by atoms with E-state index in [0.717, 1.165) is 19.5 Å². The highest BCUT2D eigenvalue weighted by Crippen LogP contribution is 2.15. The Morgan fingerprint density at radius 2 is 1.60 bits per heavy atom. The maximum atomic E-state index is 11.5. The summed E-state index contributed by atoms with van der Waals surface area (Å²) < 4.78 is 0. The second kappa shape index (κ2) is 5.07. The summed E-state index contributed by atoms with van der Waals surface area (Å²) in [5.41, 5.74) is 0. The second-order valence-corrected chi connectivity index (χ2v) is 3.49. The van der Waals surface area contributed by atoms with Gasteiger partial charge in [-0.2, -0.15) is 0 Å². The van der Waals surface area contributed by atoms with Gasteiger partial charge in [0.1, 0.15) is 0 Å². The van der Waals surface area contributed by atoms with Crippen LogP contribution in [0, 0.1) is 0 Å². The van der Waals surface area contributed by atoms with E-state index in [2.05, 4.69) is 4.90 Å². The van der Waals surface area contributed by atoms with Crippen molar-refractivity contribution in [2.24, 2.45) is 0 Å². The monoisotopic (exact) mass is 210 g/mol. The highest BCUT2D eigenvalue weighted by Gasteiger charge is 2.32. The molecular formula is C11H18N2O2. The summed E-state index contributed by atoms with van der Waals surface area (Å²) >= 11 is 0. The summed E-state index contributed by atoms with van der Waals surface area (Å²) in [5, 5.41) is 0. The van der Waals surface area contributed by atoms with Crippen LogP contribution in [0.4, 0.5) is 0 Å². The number of hydrogen-bond acceptors (Lipinski definition) is 3. The molecule has 0 aromatic rings. The highest BCUT2D eigenvalue weighted by molar-refractivity contribution is 6.13. The molecule has 15 heavy (non-hydrogen) atoms. The number of carbonyl (C=O) groups excluding carboxylic acids is 2. The molecule has 0 aromatic heterocycles. The number of nitrogens with zero attached hydrogens (tertiary/aromatic N) is 2. The smallest absolute Gasteiger partial charge is 0.254 e. The number of amides is 2. The maximum absolute atomic E-state index is 11.5. The van der Waals surface area contributed by atoms with Crippen LogP contribution in [0.5, 0.6) is 0 Å². The Bertz CT molecular complexity index is 264. The topological polar surface area (TPSA) is 40.6 Å². The normalized spacial score (nSPS) is 18.0. The van der Waals surface area contributed by atoms with Gasteiger partial charge in [-0.3, -0.25) is 19.4 Å². The van der Waals surface area contributed by atoms with Crippen molar-refractivity contribution in [3.05, 3.63) is 12.2 Å². The molecule has 0 radical (unpaired) electrons. The number of rotatable bonds is 5. The molecule has 0 N–H and O–H groups in total. The minimum atomic E-state index is -0.196. The molecular weight excluding hydrogens is 192 g/mol. The predicted octanol–water partition coefficient (Wildman–Crippen LogP) is 0.989. The lowest BCUT2D eigenvalue weighted by Gasteiger charge is -2.34. The van der Waals surface area contributed by atoms with Crippen LogP contribution >= 0.6 is 0 Å². The van der Waals surface area contributed by atoms with Crippen LogP contribution < -0.4 is 0 Å². The van der Waals surface area contributed by atoms with Gasteiger partial charge in [0.25, 0.3) is 11.8 Å². The molecule has 0 fully saturated rings. The second-order valence-electron chi connectivity index (χ2n) is 3.49. The van der Waals surface area contributed by atoms with Gasteiger partial charge in [-0.05, 0) is 19.5 Å². The Morgan fingerprint density at radius 1 is 1.13 bits per heavy atom. The highest BCUT2D eigenvalue weighted by atomic mass is 16.2. The first-order valence-corrected chi connectivity index (χ1v) is 5.44. The third-order valence-corrected chi connectivity index (χ3v) is 2.74. The lowest BCUT2D eigenvalue weighted by Crippen LogP contribution is -2.50. The van der Waals surface area contributed by atoms with Crippen molar-refractivity contribution in [1.82, 2.24) is 9.80 Å². The fourth-order valence-corrected chi connectivity index (χ4v) is 1.95. The van der Waals surface area contributed by atoms with Gasteiger partial charge in [-0.25, -0.2) is 0 Å². The number of imide groups is 1. The largest absolute Gasteiger partial charge is 0.284 e. The molecule has 0 saturated carbocycles. The molecule has 1 atom stereocenters. The molecule has 1 aliphatic heterocycles.